The number of hydrogen-bond donors (Lipinski definition) is 3. The molecule has 9 nitrogen and oxygen atoms in total. The molecular weight excluding hydrogens is 412 g/mol. The molecule has 0 saturated carbocycles. The highest BCUT2D eigenvalue weighted by Gasteiger charge is 2.29. The number of carbonyl (C=O) groups is 2. The van der Waals surface area contributed by atoms with Gasteiger partial charge in [0, 0.05) is 30.6 Å². The second-order valence-corrected chi connectivity index (χ2v) is 8.41. The number of aromatic nitrogens is 2. The zero-order chi connectivity index (χ0) is 23.3. The molecule has 3 N–H and O–H groups in total. The summed E-state index contributed by atoms with van der Waals surface area (Å²) in [5.74, 6) is -0.916. The zero-order valence-corrected chi connectivity index (χ0v) is 19.3. The van der Waals surface area contributed by atoms with Gasteiger partial charge >= 0.3 is 5.97 Å². The normalized spacial score (nSPS) is 17.8. The van der Waals surface area contributed by atoms with Gasteiger partial charge in [-0.25, -0.2) is 9.78 Å². The van der Waals surface area contributed by atoms with Crippen LogP contribution in [-0.4, -0.2) is 59.0 Å². The van der Waals surface area contributed by atoms with E-state index in [0.717, 1.165) is 18.5 Å². The standard InChI is InChI=1S/C23H34N4O5/c1-5-14(2)22(29)26-19-18-11-16(25-15(3)8-9-28)12-24-21(18)27(20(19)23(30)31-4)13-17-7-6-10-32-17/h11-12,14-15,17,25,28H,5-10,13H2,1-4H3,(H,26,29). The van der Waals surface area contributed by atoms with Crippen molar-refractivity contribution in [1.82, 2.24) is 9.55 Å². The molecule has 3 unspecified atom stereocenters. The fraction of sp³-hybridized carbons (Fsp3) is 0.609. The highest BCUT2D eigenvalue weighted by molar-refractivity contribution is 6.11. The van der Waals surface area contributed by atoms with E-state index in [0.29, 0.717) is 42.7 Å². The van der Waals surface area contributed by atoms with Crippen molar-refractivity contribution in [2.24, 2.45) is 5.92 Å². The summed E-state index contributed by atoms with van der Waals surface area (Å²) >= 11 is 0. The van der Waals surface area contributed by atoms with Gasteiger partial charge in [-0.05, 0) is 38.7 Å². The van der Waals surface area contributed by atoms with Crippen molar-refractivity contribution in [1.29, 1.82) is 0 Å². The van der Waals surface area contributed by atoms with Crippen LogP contribution in [-0.2, 0) is 20.8 Å². The van der Waals surface area contributed by atoms with Crippen LogP contribution < -0.4 is 10.6 Å². The van der Waals surface area contributed by atoms with Gasteiger partial charge in [-0.3, -0.25) is 4.79 Å². The average molecular weight is 447 g/mol. The van der Waals surface area contributed by atoms with Gasteiger partial charge in [0.2, 0.25) is 5.91 Å². The van der Waals surface area contributed by atoms with E-state index >= 15 is 0 Å². The Balaban J connectivity index is 2.13. The number of amides is 1. The second kappa shape index (κ2) is 10.8. The molecular formula is C23H34N4O5. The molecule has 2 aromatic heterocycles. The maximum atomic E-state index is 12.9. The van der Waals surface area contributed by atoms with Crippen molar-refractivity contribution < 1.29 is 24.2 Å². The van der Waals surface area contributed by atoms with E-state index in [2.05, 4.69) is 15.6 Å². The van der Waals surface area contributed by atoms with Crippen molar-refractivity contribution in [3.63, 3.8) is 0 Å². The topological polar surface area (TPSA) is 115 Å². The number of carbonyl (C=O) groups excluding carboxylic acids is 2. The van der Waals surface area contributed by atoms with E-state index in [1.165, 1.54) is 7.11 Å². The summed E-state index contributed by atoms with van der Waals surface area (Å²) in [6.45, 7) is 6.97. The minimum Gasteiger partial charge on any atom is -0.464 e. The first kappa shape index (κ1) is 24.0. The SMILES string of the molecule is CCC(C)C(=O)Nc1c(C(=O)OC)n(CC2CCCO2)c2ncc(NC(C)CCO)cc12. The van der Waals surface area contributed by atoms with Crippen LogP contribution in [0.15, 0.2) is 12.3 Å². The lowest BCUT2D eigenvalue weighted by atomic mass is 10.1. The minimum atomic E-state index is -0.538. The lowest BCUT2D eigenvalue weighted by Gasteiger charge is -2.15. The van der Waals surface area contributed by atoms with Gasteiger partial charge in [0.1, 0.15) is 5.65 Å². The first-order valence-corrected chi connectivity index (χ1v) is 11.3. The van der Waals surface area contributed by atoms with Gasteiger partial charge in [-0.2, -0.15) is 0 Å². The van der Waals surface area contributed by atoms with Crippen molar-refractivity contribution in [2.45, 2.75) is 65.1 Å². The largest absolute Gasteiger partial charge is 0.464 e. The number of aliphatic hydroxyl groups excluding tert-OH is 1. The summed E-state index contributed by atoms with van der Waals surface area (Å²) < 4.78 is 12.7. The van der Waals surface area contributed by atoms with Crippen LogP contribution >= 0.6 is 0 Å². The fourth-order valence-electron chi connectivity index (χ4n) is 3.89. The van der Waals surface area contributed by atoms with Crippen LogP contribution in [0.1, 0.15) is 56.9 Å². The summed E-state index contributed by atoms with van der Waals surface area (Å²) in [5, 5.41) is 16.1. The number of aliphatic hydroxyl groups is 1. The third-order valence-electron chi connectivity index (χ3n) is 5.97. The molecule has 9 heteroatoms. The smallest absolute Gasteiger partial charge is 0.356 e. The van der Waals surface area contributed by atoms with E-state index in [-0.39, 0.29) is 36.3 Å². The molecule has 1 aliphatic rings. The van der Waals surface area contributed by atoms with Gasteiger partial charge in [0.15, 0.2) is 5.69 Å². The molecule has 0 spiro atoms. The summed E-state index contributed by atoms with van der Waals surface area (Å²) in [6.07, 6.45) is 4.80. The maximum Gasteiger partial charge on any atom is 0.356 e. The number of methoxy groups -OCH3 is 1. The Kier molecular flexibility index (Phi) is 8.09. The molecule has 32 heavy (non-hydrogen) atoms. The molecule has 0 aliphatic carbocycles. The van der Waals surface area contributed by atoms with Gasteiger partial charge in [0.25, 0.3) is 0 Å². The highest BCUT2D eigenvalue weighted by Crippen LogP contribution is 2.34. The predicted molar refractivity (Wildman–Crippen MR) is 123 cm³/mol. The van der Waals surface area contributed by atoms with Gasteiger partial charge in [-0.15, -0.1) is 0 Å². The molecule has 2 aromatic rings. The summed E-state index contributed by atoms with van der Waals surface area (Å²) in [7, 11) is 1.33. The molecule has 3 atom stereocenters. The van der Waals surface area contributed by atoms with Crippen LogP contribution in [0.5, 0.6) is 0 Å². The van der Waals surface area contributed by atoms with Crippen molar-refractivity contribution >= 4 is 34.3 Å². The van der Waals surface area contributed by atoms with Gasteiger partial charge in [-0.1, -0.05) is 13.8 Å². The molecule has 3 rings (SSSR count). The Labute approximate surface area is 188 Å². The number of esters is 1. The summed E-state index contributed by atoms with van der Waals surface area (Å²) in [5.41, 5.74) is 1.99. The Hall–Kier alpha value is -2.65. The Morgan fingerprint density at radius 2 is 2.19 bits per heavy atom. The molecule has 0 radical (unpaired) electrons. The van der Waals surface area contributed by atoms with Crippen molar-refractivity contribution in [2.75, 3.05) is 31.0 Å². The number of fused-ring (bicyclic) bond motifs is 1. The highest BCUT2D eigenvalue weighted by atomic mass is 16.5. The monoisotopic (exact) mass is 446 g/mol. The molecule has 3 heterocycles. The molecule has 176 valence electrons. The van der Waals surface area contributed by atoms with Crippen LogP contribution in [0, 0.1) is 5.92 Å². The predicted octanol–water partition coefficient (Wildman–Crippen LogP) is 3.17. The van der Waals surface area contributed by atoms with Crippen molar-refractivity contribution in [3.8, 4) is 0 Å². The number of anilines is 2. The van der Waals surface area contributed by atoms with E-state index in [9.17, 15) is 14.7 Å². The Morgan fingerprint density at radius 3 is 2.81 bits per heavy atom. The fourth-order valence-corrected chi connectivity index (χ4v) is 3.89. The minimum absolute atomic E-state index is 0.0312. The molecule has 1 amide bonds. The van der Waals surface area contributed by atoms with Crippen LogP contribution in [0.2, 0.25) is 0 Å². The van der Waals surface area contributed by atoms with E-state index in [1.807, 2.05) is 26.8 Å². The molecule has 0 bridgehead atoms. The van der Waals surface area contributed by atoms with Gasteiger partial charge < -0.3 is 29.8 Å². The first-order chi connectivity index (χ1) is 15.4. The Morgan fingerprint density at radius 1 is 1.41 bits per heavy atom. The average Bonchev–Trinajstić information content (AvgIpc) is 3.39. The summed E-state index contributed by atoms with van der Waals surface area (Å²) in [6, 6.07) is 1.91. The lowest BCUT2D eigenvalue weighted by Crippen LogP contribution is -2.23. The van der Waals surface area contributed by atoms with E-state index in [1.54, 1.807) is 10.8 Å². The molecule has 0 aromatic carbocycles. The van der Waals surface area contributed by atoms with Gasteiger partial charge in [0.05, 0.1) is 37.3 Å². The molecule has 1 saturated heterocycles. The third-order valence-corrected chi connectivity index (χ3v) is 5.97. The Bertz CT molecular complexity index is 952. The van der Waals surface area contributed by atoms with Crippen LogP contribution in [0.4, 0.5) is 11.4 Å². The number of nitrogens with zero attached hydrogens (tertiary/aromatic N) is 2. The first-order valence-electron chi connectivity index (χ1n) is 11.3. The van der Waals surface area contributed by atoms with Crippen LogP contribution in [0.25, 0.3) is 11.0 Å². The molecule has 1 fully saturated rings. The quantitative estimate of drug-likeness (QED) is 0.480. The lowest BCUT2D eigenvalue weighted by molar-refractivity contribution is -0.119. The number of hydrogen-bond acceptors (Lipinski definition) is 7. The number of pyridine rings is 1. The number of ether oxygens (including phenoxy) is 2. The van der Waals surface area contributed by atoms with Crippen LogP contribution in [0.3, 0.4) is 0 Å². The summed E-state index contributed by atoms with van der Waals surface area (Å²) in [4.78, 5) is 30.3. The zero-order valence-electron chi connectivity index (χ0n) is 19.3. The maximum absolute atomic E-state index is 12.9. The third kappa shape index (κ3) is 5.21. The number of rotatable bonds is 10. The van der Waals surface area contributed by atoms with Crippen molar-refractivity contribution in [3.05, 3.63) is 18.0 Å². The molecule has 1 aliphatic heterocycles. The van der Waals surface area contributed by atoms with E-state index < -0.39 is 5.97 Å². The number of nitrogens with one attached hydrogen (secondary N) is 2. The van der Waals surface area contributed by atoms with E-state index in [4.69, 9.17) is 9.47 Å². The second-order valence-electron chi connectivity index (χ2n) is 8.41.